The van der Waals surface area contributed by atoms with Gasteiger partial charge in [-0.1, -0.05) is 38.1 Å². The summed E-state index contributed by atoms with van der Waals surface area (Å²) in [6.07, 6.45) is 0.805. The summed E-state index contributed by atoms with van der Waals surface area (Å²) < 4.78 is 5.15. The van der Waals surface area contributed by atoms with Crippen LogP contribution in [0.1, 0.15) is 36.1 Å². The molecular weight excluding hydrogens is 320 g/mol. The maximum Gasteiger partial charge on any atom is 0.358 e. The molecule has 0 aliphatic heterocycles. The normalized spacial score (nSPS) is 11.2. The van der Waals surface area contributed by atoms with Gasteiger partial charge < -0.3 is 4.74 Å². The number of ether oxygens (including phenoxy) is 1. The molecular formula is C19H20N2O2S. The molecule has 0 bridgehead atoms. The van der Waals surface area contributed by atoms with Gasteiger partial charge in [-0.3, -0.25) is 0 Å². The minimum Gasteiger partial charge on any atom is -0.461 e. The molecule has 0 atom stereocenters. The van der Waals surface area contributed by atoms with E-state index in [-0.39, 0.29) is 5.97 Å². The zero-order valence-corrected chi connectivity index (χ0v) is 14.9. The van der Waals surface area contributed by atoms with Crippen LogP contribution < -0.4 is 0 Å². The number of para-hydroxylation sites is 1. The van der Waals surface area contributed by atoms with Crippen LogP contribution in [-0.4, -0.2) is 22.5 Å². The van der Waals surface area contributed by atoms with Crippen molar-refractivity contribution in [1.82, 2.24) is 9.97 Å². The molecule has 3 aromatic rings. The van der Waals surface area contributed by atoms with Gasteiger partial charge in [-0.25, -0.2) is 14.8 Å². The highest BCUT2D eigenvalue weighted by atomic mass is 32.1. The van der Waals surface area contributed by atoms with Gasteiger partial charge in [0.25, 0.3) is 0 Å². The lowest BCUT2D eigenvalue weighted by atomic mass is 10.1. The van der Waals surface area contributed by atoms with Crippen LogP contribution in [0.4, 0.5) is 0 Å². The van der Waals surface area contributed by atoms with Crippen LogP contribution in [0, 0.1) is 5.92 Å². The molecule has 0 unspecified atom stereocenters. The zero-order valence-electron chi connectivity index (χ0n) is 14.1. The molecule has 0 saturated carbocycles. The van der Waals surface area contributed by atoms with Crippen LogP contribution >= 0.6 is 11.3 Å². The quantitative estimate of drug-likeness (QED) is 0.630. The van der Waals surface area contributed by atoms with Gasteiger partial charge in [0.1, 0.15) is 5.01 Å². The van der Waals surface area contributed by atoms with E-state index in [1.165, 1.54) is 11.3 Å². The topological polar surface area (TPSA) is 52.1 Å². The number of hydrogen-bond acceptors (Lipinski definition) is 5. The Hall–Kier alpha value is -2.27. The number of pyridine rings is 1. The molecule has 0 radical (unpaired) electrons. The molecule has 0 spiro atoms. The number of aromatic nitrogens is 2. The fourth-order valence-electron chi connectivity index (χ4n) is 2.51. The minimum absolute atomic E-state index is 0.348. The van der Waals surface area contributed by atoms with Gasteiger partial charge in [-0.05, 0) is 31.4 Å². The Labute approximate surface area is 145 Å². The number of hydrogen-bond donors (Lipinski definition) is 0. The standard InChI is InChI=1S/C19H20N2O2S/c1-4-23-19(22)17-16(11-12(2)3)24-18(21-17)15-10-9-13-7-5-6-8-14(13)20-15/h5-10,12H,4,11H2,1-3H3. The predicted octanol–water partition coefficient (Wildman–Crippen LogP) is 4.73. The average Bonchev–Trinajstić information content (AvgIpc) is 2.98. The van der Waals surface area contributed by atoms with E-state index in [0.717, 1.165) is 32.9 Å². The SMILES string of the molecule is CCOC(=O)c1nc(-c2ccc3ccccc3n2)sc1CC(C)C. The summed E-state index contributed by atoms with van der Waals surface area (Å²) in [5, 5.41) is 1.85. The number of benzene rings is 1. The number of esters is 1. The number of thiazole rings is 1. The van der Waals surface area contributed by atoms with E-state index in [0.29, 0.717) is 18.2 Å². The number of rotatable bonds is 5. The van der Waals surface area contributed by atoms with Crippen LogP contribution in [-0.2, 0) is 11.2 Å². The Kier molecular flexibility index (Phi) is 4.90. The third-order valence-electron chi connectivity index (χ3n) is 3.58. The summed E-state index contributed by atoms with van der Waals surface area (Å²) in [6, 6.07) is 12.0. The molecule has 24 heavy (non-hydrogen) atoms. The van der Waals surface area contributed by atoms with Crippen molar-refractivity contribution in [3.8, 4) is 10.7 Å². The first kappa shape index (κ1) is 16.6. The molecule has 0 N–H and O–H groups in total. The van der Waals surface area contributed by atoms with Crippen LogP contribution in [0.25, 0.3) is 21.6 Å². The molecule has 3 rings (SSSR count). The minimum atomic E-state index is -0.351. The summed E-state index contributed by atoms with van der Waals surface area (Å²) in [5.41, 5.74) is 2.15. The number of carbonyl (C=O) groups excluding carboxylic acids is 1. The Balaban J connectivity index is 2.04. The van der Waals surface area contributed by atoms with E-state index in [1.807, 2.05) is 36.4 Å². The Morgan fingerprint density at radius 3 is 2.71 bits per heavy atom. The first-order chi connectivity index (χ1) is 11.6. The molecule has 0 amide bonds. The van der Waals surface area contributed by atoms with Gasteiger partial charge in [-0.2, -0.15) is 0 Å². The van der Waals surface area contributed by atoms with Gasteiger partial charge in [0, 0.05) is 10.3 Å². The van der Waals surface area contributed by atoms with E-state index < -0.39 is 0 Å². The van der Waals surface area contributed by atoms with Crippen molar-refractivity contribution in [2.75, 3.05) is 6.61 Å². The van der Waals surface area contributed by atoms with Crippen LogP contribution in [0.2, 0.25) is 0 Å². The highest BCUT2D eigenvalue weighted by Gasteiger charge is 2.21. The molecule has 4 nitrogen and oxygen atoms in total. The van der Waals surface area contributed by atoms with E-state index in [4.69, 9.17) is 4.74 Å². The summed E-state index contributed by atoms with van der Waals surface area (Å²) in [4.78, 5) is 22.4. The van der Waals surface area contributed by atoms with Crippen molar-refractivity contribution >= 4 is 28.2 Å². The highest BCUT2D eigenvalue weighted by Crippen LogP contribution is 2.30. The first-order valence-electron chi connectivity index (χ1n) is 8.11. The highest BCUT2D eigenvalue weighted by molar-refractivity contribution is 7.15. The van der Waals surface area contributed by atoms with E-state index in [1.54, 1.807) is 6.92 Å². The van der Waals surface area contributed by atoms with Crippen LogP contribution in [0.5, 0.6) is 0 Å². The van der Waals surface area contributed by atoms with E-state index in [9.17, 15) is 4.79 Å². The number of carbonyl (C=O) groups is 1. The van der Waals surface area contributed by atoms with Crippen molar-refractivity contribution in [2.24, 2.45) is 5.92 Å². The molecule has 5 heteroatoms. The van der Waals surface area contributed by atoms with Crippen molar-refractivity contribution in [1.29, 1.82) is 0 Å². The van der Waals surface area contributed by atoms with Crippen molar-refractivity contribution in [2.45, 2.75) is 27.2 Å². The largest absolute Gasteiger partial charge is 0.461 e. The second-order valence-corrected chi connectivity index (χ2v) is 7.08. The molecule has 0 fully saturated rings. The van der Waals surface area contributed by atoms with E-state index >= 15 is 0 Å². The molecule has 124 valence electrons. The Morgan fingerprint density at radius 2 is 1.96 bits per heavy atom. The summed E-state index contributed by atoms with van der Waals surface area (Å²) >= 11 is 1.53. The summed E-state index contributed by atoms with van der Waals surface area (Å²) in [6.45, 7) is 6.41. The summed E-state index contributed by atoms with van der Waals surface area (Å²) in [5.74, 6) is 0.0903. The monoisotopic (exact) mass is 340 g/mol. The Morgan fingerprint density at radius 1 is 1.17 bits per heavy atom. The van der Waals surface area contributed by atoms with Gasteiger partial charge >= 0.3 is 5.97 Å². The second-order valence-electron chi connectivity index (χ2n) is 6.00. The number of nitrogens with zero attached hydrogens (tertiary/aromatic N) is 2. The van der Waals surface area contributed by atoms with Gasteiger partial charge in [-0.15, -0.1) is 11.3 Å². The number of fused-ring (bicyclic) bond motifs is 1. The molecule has 1 aromatic carbocycles. The third-order valence-corrected chi connectivity index (χ3v) is 4.68. The molecule has 0 saturated heterocycles. The van der Waals surface area contributed by atoms with E-state index in [2.05, 4.69) is 23.8 Å². The lowest BCUT2D eigenvalue weighted by Crippen LogP contribution is -2.08. The van der Waals surface area contributed by atoms with Gasteiger partial charge in [0.15, 0.2) is 5.69 Å². The second kappa shape index (κ2) is 7.09. The van der Waals surface area contributed by atoms with Crippen molar-refractivity contribution in [3.63, 3.8) is 0 Å². The van der Waals surface area contributed by atoms with Gasteiger partial charge in [0.2, 0.25) is 0 Å². The molecule has 2 aromatic heterocycles. The van der Waals surface area contributed by atoms with Crippen molar-refractivity contribution < 1.29 is 9.53 Å². The lowest BCUT2D eigenvalue weighted by molar-refractivity contribution is 0.0519. The molecule has 0 aliphatic carbocycles. The van der Waals surface area contributed by atoms with Crippen molar-refractivity contribution in [3.05, 3.63) is 47.0 Å². The smallest absolute Gasteiger partial charge is 0.358 e. The molecule has 2 heterocycles. The fourth-order valence-corrected chi connectivity index (χ4v) is 3.75. The zero-order chi connectivity index (χ0) is 17.1. The average molecular weight is 340 g/mol. The maximum atomic E-state index is 12.2. The first-order valence-corrected chi connectivity index (χ1v) is 8.93. The Bertz CT molecular complexity index is 871. The maximum absolute atomic E-state index is 12.2. The van der Waals surface area contributed by atoms with Crippen LogP contribution in [0.3, 0.4) is 0 Å². The molecule has 0 aliphatic rings. The van der Waals surface area contributed by atoms with Crippen LogP contribution in [0.15, 0.2) is 36.4 Å². The van der Waals surface area contributed by atoms with Gasteiger partial charge in [0.05, 0.1) is 17.8 Å². The lowest BCUT2D eigenvalue weighted by Gasteiger charge is -2.04. The third kappa shape index (κ3) is 3.46. The summed E-state index contributed by atoms with van der Waals surface area (Å²) in [7, 11) is 0. The fraction of sp³-hybridized carbons (Fsp3) is 0.316. The predicted molar refractivity (Wildman–Crippen MR) is 97.3 cm³/mol.